The molecule has 0 saturated heterocycles. The Balaban J connectivity index is 1.34. The highest BCUT2D eigenvalue weighted by atomic mass is 32.1. The lowest BCUT2D eigenvalue weighted by molar-refractivity contribution is -0.146. The molecule has 0 unspecified atom stereocenters. The molecule has 0 fully saturated rings. The van der Waals surface area contributed by atoms with Gasteiger partial charge in [0.05, 0.1) is 0 Å². The molecule has 0 bridgehead atoms. The lowest BCUT2D eigenvalue weighted by Crippen LogP contribution is -2.10. The van der Waals surface area contributed by atoms with Crippen molar-refractivity contribution in [2.24, 2.45) is 0 Å². The summed E-state index contributed by atoms with van der Waals surface area (Å²) in [6, 6.07) is 23.8. The van der Waals surface area contributed by atoms with Crippen LogP contribution in [0.3, 0.4) is 0 Å². The molecule has 0 amide bonds. The number of thiophene rings is 2. The fourth-order valence-corrected chi connectivity index (χ4v) is 5.34. The van der Waals surface area contributed by atoms with E-state index in [4.69, 9.17) is 18.9 Å². The van der Waals surface area contributed by atoms with E-state index in [1.54, 1.807) is 36.5 Å². The molecule has 0 aliphatic heterocycles. The predicted molar refractivity (Wildman–Crippen MR) is 151 cm³/mol. The molecule has 0 spiro atoms. The SMILES string of the molecule is C=C(C)C(=O)OCOc1ccc(-c2ccc(-c3ccc(-c4ccc(OCOC(=O)C(=C)C)cc4)s3)s2)cc1. The van der Waals surface area contributed by atoms with Crippen molar-refractivity contribution in [2.75, 3.05) is 13.6 Å². The Morgan fingerprint density at radius 2 is 0.921 bits per heavy atom. The molecule has 4 rings (SSSR count). The van der Waals surface area contributed by atoms with E-state index in [0.717, 1.165) is 20.9 Å². The zero-order chi connectivity index (χ0) is 27.1. The molecule has 4 aromatic rings. The van der Waals surface area contributed by atoms with Crippen LogP contribution in [0.2, 0.25) is 0 Å². The van der Waals surface area contributed by atoms with Gasteiger partial charge >= 0.3 is 11.9 Å². The molecular formula is C30H26O6S2. The van der Waals surface area contributed by atoms with E-state index in [-0.39, 0.29) is 13.6 Å². The fraction of sp³-hybridized carbons (Fsp3) is 0.133. The van der Waals surface area contributed by atoms with Crippen LogP contribution in [-0.2, 0) is 19.1 Å². The third-order valence-corrected chi connectivity index (χ3v) is 7.73. The number of ether oxygens (including phenoxy) is 4. The summed E-state index contributed by atoms with van der Waals surface area (Å²) in [5.74, 6) is 0.281. The van der Waals surface area contributed by atoms with Gasteiger partial charge in [0.15, 0.2) is 0 Å². The normalized spacial score (nSPS) is 10.5. The van der Waals surface area contributed by atoms with E-state index in [0.29, 0.717) is 22.6 Å². The minimum Gasteiger partial charge on any atom is -0.457 e. The Hall–Kier alpha value is -4.14. The summed E-state index contributed by atoms with van der Waals surface area (Å²) in [7, 11) is 0. The van der Waals surface area contributed by atoms with Crippen LogP contribution in [0, 0.1) is 0 Å². The van der Waals surface area contributed by atoms with Crippen LogP contribution >= 0.6 is 22.7 Å². The second kappa shape index (κ2) is 12.4. The first-order chi connectivity index (χ1) is 18.3. The van der Waals surface area contributed by atoms with Gasteiger partial charge in [-0.25, -0.2) is 9.59 Å². The van der Waals surface area contributed by atoms with Crippen LogP contribution in [-0.4, -0.2) is 25.5 Å². The van der Waals surface area contributed by atoms with Crippen molar-refractivity contribution in [3.8, 4) is 42.1 Å². The van der Waals surface area contributed by atoms with Crippen LogP contribution in [0.5, 0.6) is 11.5 Å². The number of esters is 2. The van der Waals surface area contributed by atoms with Gasteiger partial charge in [0.25, 0.3) is 0 Å². The van der Waals surface area contributed by atoms with Gasteiger partial charge in [0.1, 0.15) is 11.5 Å². The summed E-state index contributed by atoms with van der Waals surface area (Å²) in [4.78, 5) is 27.5. The Kier molecular flexibility index (Phi) is 8.78. The number of carbonyl (C=O) groups is 2. The van der Waals surface area contributed by atoms with Gasteiger partial charge in [0.2, 0.25) is 13.6 Å². The molecule has 0 aliphatic rings. The number of rotatable bonds is 11. The van der Waals surface area contributed by atoms with Crippen molar-refractivity contribution in [2.45, 2.75) is 13.8 Å². The quantitative estimate of drug-likeness (QED) is 0.109. The molecule has 2 aromatic heterocycles. The zero-order valence-corrected chi connectivity index (χ0v) is 22.7. The molecular weight excluding hydrogens is 520 g/mol. The lowest BCUT2D eigenvalue weighted by atomic mass is 10.2. The van der Waals surface area contributed by atoms with Crippen molar-refractivity contribution < 1.29 is 28.5 Å². The summed E-state index contributed by atoms with van der Waals surface area (Å²) in [6.45, 7) is 9.94. The molecule has 2 aromatic carbocycles. The minimum atomic E-state index is -0.477. The second-order valence-electron chi connectivity index (χ2n) is 8.33. The average Bonchev–Trinajstić information content (AvgIpc) is 3.60. The van der Waals surface area contributed by atoms with Gasteiger partial charge in [0, 0.05) is 30.7 Å². The Morgan fingerprint density at radius 1 is 0.579 bits per heavy atom. The smallest absolute Gasteiger partial charge is 0.335 e. The van der Waals surface area contributed by atoms with Crippen molar-refractivity contribution in [3.05, 3.63) is 97.1 Å². The lowest BCUT2D eigenvalue weighted by Gasteiger charge is -2.07. The van der Waals surface area contributed by atoms with Crippen LogP contribution in [0.1, 0.15) is 13.8 Å². The zero-order valence-electron chi connectivity index (χ0n) is 21.0. The van der Waals surface area contributed by atoms with Crippen molar-refractivity contribution in [3.63, 3.8) is 0 Å². The summed E-state index contributed by atoms with van der Waals surface area (Å²) in [6.07, 6.45) is 0. The van der Waals surface area contributed by atoms with E-state index in [2.05, 4.69) is 37.4 Å². The molecule has 0 radical (unpaired) electrons. The summed E-state index contributed by atoms with van der Waals surface area (Å²) < 4.78 is 20.9. The van der Waals surface area contributed by atoms with Gasteiger partial charge in [-0.2, -0.15) is 0 Å². The van der Waals surface area contributed by atoms with E-state index >= 15 is 0 Å². The first kappa shape index (κ1) is 26.9. The van der Waals surface area contributed by atoms with Crippen molar-refractivity contribution in [1.82, 2.24) is 0 Å². The summed E-state index contributed by atoms with van der Waals surface area (Å²) >= 11 is 3.43. The molecule has 8 heteroatoms. The maximum absolute atomic E-state index is 11.4. The van der Waals surface area contributed by atoms with E-state index in [1.165, 1.54) is 9.75 Å². The standard InChI is InChI=1S/C30H26O6S2/c1-19(2)29(31)35-17-33-23-9-5-21(6-10-23)25-13-15-27(37-25)28-16-14-26(38-28)22-7-11-24(12-8-22)34-18-36-30(32)20(3)4/h5-16H,1,3,17-18H2,2,4H3. The first-order valence-electron chi connectivity index (χ1n) is 11.6. The number of hydrogen-bond donors (Lipinski definition) is 0. The largest absolute Gasteiger partial charge is 0.457 e. The van der Waals surface area contributed by atoms with Crippen LogP contribution in [0.4, 0.5) is 0 Å². The van der Waals surface area contributed by atoms with Crippen molar-refractivity contribution >= 4 is 34.6 Å². The minimum absolute atomic E-state index is 0.157. The van der Waals surface area contributed by atoms with Crippen LogP contribution in [0.25, 0.3) is 30.6 Å². The molecule has 6 nitrogen and oxygen atoms in total. The topological polar surface area (TPSA) is 71.1 Å². The number of hydrogen-bond acceptors (Lipinski definition) is 8. The molecule has 0 N–H and O–H groups in total. The Morgan fingerprint density at radius 3 is 1.26 bits per heavy atom. The monoisotopic (exact) mass is 546 g/mol. The van der Waals surface area contributed by atoms with E-state index in [9.17, 15) is 9.59 Å². The highest BCUT2D eigenvalue weighted by molar-refractivity contribution is 7.25. The van der Waals surface area contributed by atoms with Gasteiger partial charge in [-0.05, 0) is 97.8 Å². The molecule has 2 heterocycles. The maximum atomic E-state index is 11.4. The Labute approximate surface area is 229 Å². The highest BCUT2D eigenvalue weighted by Crippen LogP contribution is 2.40. The Bertz CT molecular complexity index is 1330. The second-order valence-corrected chi connectivity index (χ2v) is 10.5. The third kappa shape index (κ3) is 7.00. The third-order valence-electron chi connectivity index (χ3n) is 5.26. The summed E-state index contributed by atoms with van der Waals surface area (Å²) in [5, 5.41) is 0. The number of carbonyl (C=O) groups excluding carboxylic acids is 2. The van der Waals surface area contributed by atoms with Gasteiger partial charge in [-0.15, -0.1) is 22.7 Å². The predicted octanol–water partition coefficient (Wildman–Crippen LogP) is 7.72. The summed E-state index contributed by atoms with van der Waals surface area (Å²) in [5.41, 5.74) is 2.82. The highest BCUT2D eigenvalue weighted by Gasteiger charge is 2.10. The molecule has 38 heavy (non-hydrogen) atoms. The van der Waals surface area contributed by atoms with Gasteiger partial charge in [-0.3, -0.25) is 0 Å². The molecule has 194 valence electrons. The van der Waals surface area contributed by atoms with Gasteiger partial charge < -0.3 is 18.9 Å². The molecule has 0 aliphatic carbocycles. The number of benzene rings is 2. The van der Waals surface area contributed by atoms with Gasteiger partial charge in [-0.1, -0.05) is 13.2 Å². The average molecular weight is 547 g/mol. The molecule has 0 saturated carbocycles. The molecule has 0 atom stereocenters. The van der Waals surface area contributed by atoms with Crippen molar-refractivity contribution in [1.29, 1.82) is 0 Å². The van der Waals surface area contributed by atoms with E-state index in [1.807, 2.05) is 48.5 Å². The maximum Gasteiger partial charge on any atom is 0.335 e. The van der Waals surface area contributed by atoms with E-state index < -0.39 is 11.9 Å². The first-order valence-corrected chi connectivity index (χ1v) is 13.3. The van der Waals surface area contributed by atoms with Crippen LogP contribution in [0.15, 0.2) is 97.1 Å². The fourth-order valence-electron chi connectivity index (χ4n) is 3.23. The van der Waals surface area contributed by atoms with Crippen LogP contribution < -0.4 is 9.47 Å².